The van der Waals surface area contributed by atoms with Crippen LogP contribution in [0.5, 0.6) is 0 Å². The first-order chi connectivity index (χ1) is 10.7. The summed E-state index contributed by atoms with van der Waals surface area (Å²) >= 11 is 0. The molecule has 0 aliphatic carbocycles. The van der Waals surface area contributed by atoms with Gasteiger partial charge in [0.1, 0.15) is 29.2 Å². The third kappa shape index (κ3) is 2.37. The molecular formula is C19H12N2O. The van der Waals surface area contributed by atoms with Gasteiger partial charge < -0.3 is 4.74 Å². The highest BCUT2D eigenvalue weighted by atomic mass is 16.5. The summed E-state index contributed by atoms with van der Waals surface area (Å²) < 4.78 is 5.82. The zero-order chi connectivity index (χ0) is 15.5. The van der Waals surface area contributed by atoms with Crippen LogP contribution < -0.4 is 0 Å². The molecule has 0 radical (unpaired) electrons. The molecule has 0 bridgehead atoms. The maximum absolute atomic E-state index is 9.06. The Bertz CT molecular complexity index is 913. The van der Waals surface area contributed by atoms with E-state index >= 15 is 0 Å². The molecule has 0 spiro atoms. The van der Waals surface area contributed by atoms with Crippen molar-refractivity contribution in [2.45, 2.75) is 6.92 Å². The first kappa shape index (κ1) is 13.7. The number of nitrogens with zero attached hydrogens (tertiary/aromatic N) is 2. The van der Waals surface area contributed by atoms with Crippen molar-refractivity contribution >= 4 is 16.5 Å². The predicted octanol–water partition coefficient (Wildman–Crippen LogP) is 4.46. The Morgan fingerprint density at radius 2 is 1.68 bits per heavy atom. The maximum atomic E-state index is 9.06. The normalized spacial score (nSPS) is 13.5. The van der Waals surface area contributed by atoms with Gasteiger partial charge in [-0.25, -0.2) is 0 Å². The number of hydrogen-bond donors (Lipinski definition) is 0. The molecular weight excluding hydrogens is 272 g/mol. The molecule has 0 saturated heterocycles. The van der Waals surface area contributed by atoms with Crippen LogP contribution in [-0.2, 0) is 4.74 Å². The monoisotopic (exact) mass is 284 g/mol. The number of hydrogen-bond acceptors (Lipinski definition) is 3. The number of allylic oxidation sites excluding steroid dienone is 5. The zero-order valence-electron chi connectivity index (χ0n) is 12.0. The highest BCUT2D eigenvalue weighted by Gasteiger charge is 2.15. The van der Waals surface area contributed by atoms with Gasteiger partial charge in [-0.05, 0) is 29.8 Å². The molecule has 1 aliphatic rings. The van der Waals surface area contributed by atoms with Gasteiger partial charge in [-0.2, -0.15) is 10.5 Å². The number of nitriles is 2. The van der Waals surface area contributed by atoms with E-state index in [1.165, 1.54) is 0 Å². The molecule has 0 saturated carbocycles. The fourth-order valence-electron chi connectivity index (χ4n) is 2.51. The molecule has 3 nitrogen and oxygen atoms in total. The van der Waals surface area contributed by atoms with Crippen molar-refractivity contribution in [1.29, 1.82) is 10.5 Å². The van der Waals surface area contributed by atoms with Gasteiger partial charge in [0.05, 0.1) is 0 Å². The topological polar surface area (TPSA) is 56.8 Å². The lowest BCUT2D eigenvalue weighted by molar-refractivity contribution is 0.381. The van der Waals surface area contributed by atoms with Gasteiger partial charge in [0.25, 0.3) is 0 Å². The zero-order valence-corrected chi connectivity index (χ0v) is 12.0. The minimum absolute atomic E-state index is 0.0837. The Morgan fingerprint density at radius 1 is 0.955 bits per heavy atom. The Kier molecular flexibility index (Phi) is 3.48. The summed E-state index contributed by atoms with van der Waals surface area (Å²) in [5.41, 5.74) is 1.61. The summed E-state index contributed by atoms with van der Waals surface area (Å²) in [6.07, 6.45) is 3.45. The summed E-state index contributed by atoms with van der Waals surface area (Å²) in [4.78, 5) is 0. The second kappa shape index (κ2) is 5.60. The molecule has 1 heterocycles. The van der Waals surface area contributed by atoms with E-state index < -0.39 is 0 Å². The van der Waals surface area contributed by atoms with E-state index in [-0.39, 0.29) is 5.57 Å². The van der Waals surface area contributed by atoms with Gasteiger partial charge in [-0.15, -0.1) is 0 Å². The third-order valence-electron chi connectivity index (χ3n) is 3.48. The standard InChI is InChI=1S/C19H12N2O/c1-13-9-15(16(11-20)12-21)10-19(22-13)18-8-4-6-14-5-2-3-7-17(14)18/h2-10H,1H3. The van der Waals surface area contributed by atoms with Gasteiger partial charge in [-0.3, -0.25) is 0 Å². The van der Waals surface area contributed by atoms with Crippen LogP contribution in [0, 0.1) is 22.7 Å². The maximum Gasteiger partial charge on any atom is 0.137 e. The van der Waals surface area contributed by atoms with Gasteiger partial charge in [0.2, 0.25) is 0 Å². The summed E-state index contributed by atoms with van der Waals surface area (Å²) in [6, 6.07) is 17.9. The van der Waals surface area contributed by atoms with E-state index in [4.69, 9.17) is 15.3 Å². The summed E-state index contributed by atoms with van der Waals surface area (Å²) in [6.45, 7) is 1.81. The van der Waals surface area contributed by atoms with Crippen molar-refractivity contribution in [2.24, 2.45) is 0 Å². The Hall–Kier alpha value is -3.30. The van der Waals surface area contributed by atoms with Crippen LogP contribution in [0.1, 0.15) is 12.5 Å². The molecule has 0 unspecified atom stereocenters. The van der Waals surface area contributed by atoms with Crippen molar-refractivity contribution in [1.82, 2.24) is 0 Å². The Labute approximate surface area is 128 Å². The molecule has 3 heteroatoms. The summed E-state index contributed by atoms with van der Waals surface area (Å²) in [7, 11) is 0. The van der Waals surface area contributed by atoms with Crippen LogP contribution in [0.2, 0.25) is 0 Å². The molecule has 22 heavy (non-hydrogen) atoms. The molecule has 0 amide bonds. The molecule has 2 aromatic rings. The summed E-state index contributed by atoms with van der Waals surface area (Å²) in [5, 5.41) is 20.3. The molecule has 0 N–H and O–H groups in total. The van der Waals surface area contributed by atoms with E-state index in [0.717, 1.165) is 16.3 Å². The highest BCUT2D eigenvalue weighted by molar-refractivity contribution is 5.93. The fourth-order valence-corrected chi connectivity index (χ4v) is 2.51. The van der Waals surface area contributed by atoms with Gasteiger partial charge in [0, 0.05) is 11.1 Å². The number of ether oxygens (including phenoxy) is 1. The van der Waals surface area contributed by atoms with Crippen LogP contribution in [0.3, 0.4) is 0 Å². The van der Waals surface area contributed by atoms with E-state index in [1.807, 2.05) is 61.5 Å². The van der Waals surface area contributed by atoms with Crippen LogP contribution in [-0.4, -0.2) is 0 Å². The van der Waals surface area contributed by atoms with Gasteiger partial charge in [0.15, 0.2) is 0 Å². The SMILES string of the molecule is CC1=CC(=C(C#N)C#N)C=C(c2cccc3ccccc23)O1. The Morgan fingerprint density at radius 3 is 2.45 bits per heavy atom. The number of rotatable bonds is 1. The van der Waals surface area contributed by atoms with Crippen molar-refractivity contribution in [3.63, 3.8) is 0 Å². The average molecular weight is 284 g/mol. The van der Waals surface area contributed by atoms with E-state index in [1.54, 1.807) is 12.2 Å². The minimum atomic E-state index is 0.0837. The molecule has 0 aromatic heterocycles. The summed E-state index contributed by atoms with van der Waals surface area (Å²) in [5.74, 6) is 1.30. The molecule has 0 atom stereocenters. The molecule has 2 aromatic carbocycles. The molecule has 104 valence electrons. The van der Waals surface area contributed by atoms with E-state index in [9.17, 15) is 0 Å². The first-order valence-electron chi connectivity index (χ1n) is 6.83. The van der Waals surface area contributed by atoms with E-state index in [0.29, 0.717) is 17.1 Å². The third-order valence-corrected chi connectivity index (χ3v) is 3.48. The largest absolute Gasteiger partial charge is 0.461 e. The van der Waals surface area contributed by atoms with Crippen LogP contribution in [0.15, 0.2) is 71.5 Å². The van der Waals surface area contributed by atoms with Gasteiger partial charge >= 0.3 is 0 Å². The van der Waals surface area contributed by atoms with Crippen LogP contribution in [0.25, 0.3) is 16.5 Å². The van der Waals surface area contributed by atoms with Crippen LogP contribution >= 0.6 is 0 Å². The van der Waals surface area contributed by atoms with E-state index in [2.05, 4.69) is 0 Å². The van der Waals surface area contributed by atoms with Crippen LogP contribution in [0.4, 0.5) is 0 Å². The van der Waals surface area contributed by atoms with Gasteiger partial charge in [-0.1, -0.05) is 42.5 Å². The lowest BCUT2D eigenvalue weighted by Gasteiger charge is -2.17. The molecule has 3 rings (SSSR count). The van der Waals surface area contributed by atoms with Crippen molar-refractivity contribution in [3.8, 4) is 12.1 Å². The minimum Gasteiger partial charge on any atom is -0.461 e. The fraction of sp³-hybridized carbons (Fsp3) is 0.0526. The number of fused-ring (bicyclic) bond motifs is 1. The predicted molar refractivity (Wildman–Crippen MR) is 85.0 cm³/mol. The molecule has 0 fully saturated rings. The lowest BCUT2D eigenvalue weighted by Crippen LogP contribution is -1.99. The second-order valence-corrected chi connectivity index (χ2v) is 4.95. The molecule has 1 aliphatic heterocycles. The Balaban J connectivity index is 2.22. The second-order valence-electron chi connectivity index (χ2n) is 4.95. The average Bonchev–Trinajstić information content (AvgIpc) is 2.55. The van der Waals surface area contributed by atoms with Crippen molar-refractivity contribution < 1.29 is 4.74 Å². The smallest absolute Gasteiger partial charge is 0.137 e. The quantitative estimate of drug-likeness (QED) is 0.726. The van der Waals surface area contributed by atoms with Crippen molar-refractivity contribution in [2.75, 3.05) is 0 Å². The lowest BCUT2D eigenvalue weighted by atomic mass is 9.99. The highest BCUT2D eigenvalue weighted by Crippen LogP contribution is 2.32. The van der Waals surface area contributed by atoms with Crippen molar-refractivity contribution in [3.05, 3.63) is 77.1 Å². The number of benzene rings is 2. The first-order valence-corrected chi connectivity index (χ1v) is 6.83.